The van der Waals surface area contributed by atoms with E-state index in [2.05, 4.69) is 5.32 Å². The number of carboxylic acids is 1. The van der Waals surface area contributed by atoms with Gasteiger partial charge in [0.15, 0.2) is 0 Å². The van der Waals surface area contributed by atoms with Gasteiger partial charge in [-0.2, -0.15) is 0 Å². The van der Waals surface area contributed by atoms with Crippen molar-refractivity contribution in [2.75, 3.05) is 0 Å². The van der Waals surface area contributed by atoms with Gasteiger partial charge in [-0.05, 0) is 12.3 Å². The number of aliphatic carboxylic acids is 1. The fourth-order valence-electron chi connectivity index (χ4n) is 1.12. The van der Waals surface area contributed by atoms with E-state index in [1.54, 1.807) is 6.92 Å². The van der Waals surface area contributed by atoms with Gasteiger partial charge in [0.05, 0.1) is 6.04 Å². The standard InChI is InChI=1S/C10H20N2O3/c1-4-6(3)8(11)9(13)12-7(5-2)10(14)15/h6-8H,4-5,11H2,1-3H3,(H,12,13)(H,14,15)/t6?,7-,8+/m1/s1. The van der Waals surface area contributed by atoms with Gasteiger partial charge in [-0.3, -0.25) is 4.79 Å². The molecule has 5 nitrogen and oxygen atoms in total. The summed E-state index contributed by atoms with van der Waals surface area (Å²) in [6.45, 7) is 5.51. The van der Waals surface area contributed by atoms with Gasteiger partial charge in [-0.1, -0.05) is 27.2 Å². The third-order valence-electron chi connectivity index (χ3n) is 2.58. The molecule has 1 unspecified atom stereocenters. The molecule has 0 saturated heterocycles. The summed E-state index contributed by atoms with van der Waals surface area (Å²) in [6, 6.07) is -1.48. The molecule has 0 aliphatic heterocycles. The zero-order chi connectivity index (χ0) is 12.0. The van der Waals surface area contributed by atoms with E-state index in [0.29, 0.717) is 6.42 Å². The third-order valence-corrected chi connectivity index (χ3v) is 2.58. The summed E-state index contributed by atoms with van der Waals surface area (Å²) in [5.41, 5.74) is 5.67. The Kier molecular flexibility index (Phi) is 5.93. The summed E-state index contributed by atoms with van der Waals surface area (Å²) in [5, 5.41) is 11.2. The highest BCUT2D eigenvalue weighted by Crippen LogP contribution is 2.05. The van der Waals surface area contributed by atoms with Crippen LogP contribution in [0.5, 0.6) is 0 Å². The lowest BCUT2D eigenvalue weighted by Crippen LogP contribution is -2.50. The van der Waals surface area contributed by atoms with Crippen molar-refractivity contribution in [3.05, 3.63) is 0 Å². The highest BCUT2D eigenvalue weighted by Gasteiger charge is 2.24. The van der Waals surface area contributed by atoms with E-state index < -0.39 is 24.0 Å². The first-order valence-electron chi connectivity index (χ1n) is 5.22. The zero-order valence-electron chi connectivity index (χ0n) is 9.49. The summed E-state index contributed by atoms with van der Waals surface area (Å²) in [5.74, 6) is -1.36. The maximum atomic E-state index is 11.5. The molecule has 0 radical (unpaired) electrons. The first kappa shape index (κ1) is 13.9. The average molecular weight is 216 g/mol. The molecule has 0 aliphatic carbocycles. The third kappa shape index (κ3) is 4.29. The lowest BCUT2D eigenvalue weighted by molar-refractivity contribution is -0.142. The van der Waals surface area contributed by atoms with Crippen molar-refractivity contribution in [1.29, 1.82) is 0 Å². The minimum absolute atomic E-state index is 0.0521. The van der Waals surface area contributed by atoms with Crippen LogP contribution in [0.25, 0.3) is 0 Å². The minimum atomic E-state index is -1.03. The predicted molar refractivity (Wildman–Crippen MR) is 57.3 cm³/mol. The minimum Gasteiger partial charge on any atom is -0.480 e. The molecule has 1 amide bonds. The summed E-state index contributed by atoms with van der Waals surface area (Å²) in [6.07, 6.45) is 1.15. The number of carboxylic acid groups (broad SMARTS) is 1. The van der Waals surface area contributed by atoms with Gasteiger partial charge in [0.25, 0.3) is 0 Å². The van der Waals surface area contributed by atoms with Crippen LogP contribution in [0.2, 0.25) is 0 Å². The number of rotatable bonds is 6. The van der Waals surface area contributed by atoms with E-state index in [0.717, 1.165) is 6.42 Å². The lowest BCUT2D eigenvalue weighted by Gasteiger charge is -2.20. The maximum absolute atomic E-state index is 11.5. The molecule has 5 heteroatoms. The normalized spacial score (nSPS) is 16.5. The van der Waals surface area contributed by atoms with Gasteiger partial charge >= 0.3 is 5.97 Å². The summed E-state index contributed by atoms with van der Waals surface area (Å²) in [4.78, 5) is 22.2. The van der Waals surface area contributed by atoms with Crippen LogP contribution >= 0.6 is 0 Å². The molecule has 0 rings (SSSR count). The molecule has 3 atom stereocenters. The molecule has 0 fully saturated rings. The van der Waals surface area contributed by atoms with Crippen LogP contribution in [0, 0.1) is 5.92 Å². The van der Waals surface area contributed by atoms with E-state index in [1.807, 2.05) is 13.8 Å². The second-order valence-electron chi connectivity index (χ2n) is 3.72. The quantitative estimate of drug-likeness (QED) is 0.597. The fraction of sp³-hybridized carbons (Fsp3) is 0.800. The summed E-state index contributed by atoms with van der Waals surface area (Å²) >= 11 is 0. The van der Waals surface area contributed by atoms with Crippen LogP contribution in [-0.2, 0) is 9.59 Å². The molecular weight excluding hydrogens is 196 g/mol. The molecule has 0 aliphatic rings. The monoisotopic (exact) mass is 216 g/mol. The van der Waals surface area contributed by atoms with Gasteiger partial charge in [0.2, 0.25) is 5.91 Å². The van der Waals surface area contributed by atoms with Gasteiger partial charge < -0.3 is 16.2 Å². The van der Waals surface area contributed by atoms with Crippen LogP contribution < -0.4 is 11.1 Å². The Bertz CT molecular complexity index is 231. The van der Waals surface area contributed by atoms with Crippen molar-refractivity contribution in [3.8, 4) is 0 Å². The molecule has 4 N–H and O–H groups in total. The number of nitrogens with one attached hydrogen (secondary N) is 1. The topological polar surface area (TPSA) is 92.4 Å². The SMILES string of the molecule is CCC(C)[C@H](N)C(=O)N[C@H](CC)C(=O)O. The molecule has 0 aromatic heterocycles. The molecule has 0 spiro atoms. The van der Waals surface area contributed by atoms with Crippen LogP contribution in [0.4, 0.5) is 0 Å². The van der Waals surface area contributed by atoms with Crippen molar-refractivity contribution < 1.29 is 14.7 Å². The maximum Gasteiger partial charge on any atom is 0.326 e. The van der Waals surface area contributed by atoms with Crippen molar-refractivity contribution in [2.45, 2.75) is 45.7 Å². The van der Waals surface area contributed by atoms with E-state index in [4.69, 9.17) is 10.8 Å². The highest BCUT2D eigenvalue weighted by molar-refractivity contribution is 5.86. The van der Waals surface area contributed by atoms with E-state index in [9.17, 15) is 9.59 Å². The molecule has 0 aromatic carbocycles. The highest BCUT2D eigenvalue weighted by atomic mass is 16.4. The molecule has 0 heterocycles. The van der Waals surface area contributed by atoms with E-state index in [-0.39, 0.29) is 5.92 Å². The van der Waals surface area contributed by atoms with E-state index in [1.165, 1.54) is 0 Å². The predicted octanol–water partition coefficient (Wildman–Crippen LogP) is 0.339. The number of carbonyl (C=O) groups excluding carboxylic acids is 1. The van der Waals surface area contributed by atoms with Crippen molar-refractivity contribution >= 4 is 11.9 Å². The van der Waals surface area contributed by atoms with Gasteiger partial charge in [-0.15, -0.1) is 0 Å². The number of nitrogens with two attached hydrogens (primary N) is 1. The van der Waals surface area contributed by atoms with Gasteiger partial charge in [-0.25, -0.2) is 4.79 Å². The zero-order valence-corrected chi connectivity index (χ0v) is 9.49. The van der Waals surface area contributed by atoms with Crippen molar-refractivity contribution in [2.24, 2.45) is 11.7 Å². The van der Waals surface area contributed by atoms with Crippen LogP contribution in [0.1, 0.15) is 33.6 Å². The van der Waals surface area contributed by atoms with Gasteiger partial charge in [0.1, 0.15) is 6.04 Å². The Morgan fingerprint density at radius 1 is 1.33 bits per heavy atom. The number of carbonyl (C=O) groups is 2. The van der Waals surface area contributed by atoms with E-state index >= 15 is 0 Å². The molecule has 0 saturated carbocycles. The van der Waals surface area contributed by atoms with Crippen molar-refractivity contribution in [1.82, 2.24) is 5.32 Å². The van der Waals surface area contributed by atoms with Crippen molar-refractivity contribution in [3.63, 3.8) is 0 Å². The van der Waals surface area contributed by atoms with Crippen LogP contribution in [0.3, 0.4) is 0 Å². The summed E-state index contributed by atoms with van der Waals surface area (Å²) < 4.78 is 0. The molecule has 0 bridgehead atoms. The molecule has 15 heavy (non-hydrogen) atoms. The first-order valence-corrected chi connectivity index (χ1v) is 5.22. The Balaban J connectivity index is 4.28. The molecule has 88 valence electrons. The average Bonchev–Trinajstić information content (AvgIpc) is 2.22. The molecular formula is C10H20N2O3. The Morgan fingerprint density at radius 3 is 2.20 bits per heavy atom. The number of amides is 1. The second kappa shape index (κ2) is 6.40. The van der Waals surface area contributed by atoms with Crippen LogP contribution in [-0.4, -0.2) is 29.1 Å². The Labute approximate surface area is 90.0 Å². The summed E-state index contributed by atoms with van der Waals surface area (Å²) in [7, 11) is 0. The van der Waals surface area contributed by atoms with Crippen LogP contribution in [0.15, 0.2) is 0 Å². The largest absolute Gasteiger partial charge is 0.480 e. The number of hydrogen-bond acceptors (Lipinski definition) is 3. The number of hydrogen-bond donors (Lipinski definition) is 3. The smallest absolute Gasteiger partial charge is 0.326 e. The second-order valence-corrected chi connectivity index (χ2v) is 3.72. The molecule has 0 aromatic rings. The fourth-order valence-corrected chi connectivity index (χ4v) is 1.12. The Hall–Kier alpha value is -1.10. The lowest BCUT2D eigenvalue weighted by atomic mass is 9.99. The first-order chi connectivity index (χ1) is 6.93. The Morgan fingerprint density at radius 2 is 1.87 bits per heavy atom. The van der Waals surface area contributed by atoms with Gasteiger partial charge in [0, 0.05) is 0 Å².